The number of nitrogens with zero attached hydrogens (tertiary/aromatic N) is 1. The van der Waals surface area contributed by atoms with E-state index in [0.29, 0.717) is 6.61 Å². The molecule has 3 rings (SSSR count). The number of hydrogen-bond acceptors (Lipinski definition) is 3. The number of benzene rings is 1. The summed E-state index contributed by atoms with van der Waals surface area (Å²) in [5.41, 5.74) is 0.815. The molecule has 1 aromatic carbocycles. The van der Waals surface area contributed by atoms with Crippen molar-refractivity contribution in [1.82, 2.24) is 4.90 Å². The van der Waals surface area contributed by atoms with Crippen molar-refractivity contribution in [3.05, 3.63) is 36.9 Å². The van der Waals surface area contributed by atoms with Crippen LogP contribution in [0.25, 0.3) is 0 Å². The Morgan fingerprint density at radius 1 is 1.30 bits per heavy atom. The van der Waals surface area contributed by atoms with E-state index in [2.05, 4.69) is 16.8 Å². The van der Waals surface area contributed by atoms with Gasteiger partial charge in [0.15, 0.2) is 0 Å². The number of amides is 1. The Kier molecular flexibility index (Phi) is 5.34. The van der Waals surface area contributed by atoms with Crippen molar-refractivity contribution in [3.8, 4) is 5.75 Å². The minimum atomic E-state index is 0.135. The third-order valence-corrected chi connectivity index (χ3v) is 4.66. The van der Waals surface area contributed by atoms with Crippen molar-refractivity contribution in [2.24, 2.45) is 5.92 Å². The predicted molar refractivity (Wildman–Crippen MR) is 92.7 cm³/mol. The Bertz CT molecular complexity index is 546. The first-order valence-corrected chi connectivity index (χ1v) is 8.65. The molecule has 1 saturated carbocycles. The van der Waals surface area contributed by atoms with Crippen LogP contribution in [0.5, 0.6) is 5.75 Å². The SMILES string of the molecule is C=CCCOc1cccc(NC(=O)C2CCN(C3CC3)CC2)c1. The van der Waals surface area contributed by atoms with Crippen molar-refractivity contribution in [3.63, 3.8) is 0 Å². The third kappa shape index (κ3) is 4.58. The van der Waals surface area contributed by atoms with E-state index in [0.717, 1.165) is 49.8 Å². The summed E-state index contributed by atoms with van der Waals surface area (Å²) in [6.45, 7) is 6.42. The van der Waals surface area contributed by atoms with Gasteiger partial charge >= 0.3 is 0 Å². The second kappa shape index (κ2) is 7.64. The number of carbonyl (C=O) groups excluding carboxylic acids is 1. The Morgan fingerprint density at radius 2 is 2.09 bits per heavy atom. The quantitative estimate of drug-likeness (QED) is 0.619. The van der Waals surface area contributed by atoms with Crippen LogP contribution >= 0.6 is 0 Å². The topological polar surface area (TPSA) is 41.6 Å². The molecule has 23 heavy (non-hydrogen) atoms. The monoisotopic (exact) mass is 314 g/mol. The smallest absolute Gasteiger partial charge is 0.227 e. The molecule has 1 saturated heterocycles. The van der Waals surface area contributed by atoms with Crippen molar-refractivity contribution in [2.45, 2.75) is 38.1 Å². The zero-order valence-corrected chi connectivity index (χ0v) is 13.7. The number of carbonyl (C=O) groups is 1. The molecule has 124 valence electrons. The molecule has 2 aliphatic rings. The Hall–Kier alpha value is -1.81. The highest BCUT2D eigenvalue weighted by Crippen LogP contribution is 2.31. The summed E-state index contributed by atoms with van der Waals surface area (Å²) in [6, 6.07) is 8.43. The van der Waals surface area contributed by atoms with Crippen molar-refractivity contribution >= 4 is 11.6 Å². The van der Waals surface area contributed by atoms with Crippen LogP contribution in [0.4, 0.5) is 5.69 Å². The number of rotatable bonds is 7. The molecule has 0 radical (unpaired) electrons. The van der Waals surface area contributed by atoms with Crippen LogP contribution in [-0.2, 0) is 4.79 Å². The minimum Gasteiger partial charge on any atom is -0.493 e. The predicted octanol–water partition coefficient (Wildman–Crippen LogP) is 3.45. The maximum Gasteiger partial charge on any atom is 0.227 e. The largest absolute Gasteiger partial charge is 0.493 e. The van der Waals surface area contributed by atoms with Gasteiger partial charge in [0, 0.05) is 23.7 Å². The highest BCUT2D eigenvalue weighted by atomic mass is 16.5. The summed E-state index contributed by atoms with van der Waals surface area (Å²) < 4.78 is 5.63. The van der Waals surface area contributed by atoms with Gasteiger partial charge in [0.2, 0.25) is 5.91 Å². The number of nitrogens with one attached hydrogen (secondary N) is 1. The molecule has 0 bridgehead atoms. The summed E-state index contributed by atoms with van der Waals surface area (Å²) in [4.78, 5) is 15.0. The Labute approximate surface area is 138 Å². The molecule has 4 heteroatoms. The van der Waals surface area contributed by atoms with Gasteiger partial charge in [-0.1, -0.05) is 12.1 Å². The van der Waals surface area contributed by atoms with Gasteiger partial charge in [-0.25, -0.2) is 0 Å². The maximum absolute atomic E-state index is 12.4. The molecule has 1 aliphatic heterocycles. The van der Waals surface area contributed by atoms with Crippen LogP contribution in [0.15, 0.2) is 36.9 Å². The van der Waals surface area contributed by atoms with Gasteiger partial charge in [-0.15, -0.1) is 6.58 Å². The van der Waals surface area contributed by atoms with Gasteiger partial charge in [-0.05, 0) is 57.3 Å². The summed E-state index contributed by atoms with van der Waals surface area (Å²) in [7, 11) is 0. The van der Waals surface area contributed by atoms with E-state index in [4.69, 9.17) is 4.74 Å². The highest BCUT2D eigenvalue weighted by molar-refractivity contribution is 5.92. The molecule has 0 atom stereocenters. The van der Waals surface area contributed by atoms with Crippen LogP contribution in [-0.4, -0.2) is 36.5 Å². The maximum atomic E-state index is 12.4. The van der Waals surface area contributed by atoms with Gasteiger partial charge in [0.25, 0.3) is 0 Å². The van der Waals surface area contributed by atoms with Crippen molar-refractivity contribution in [2.75, 3.05) is 25.0 Å². The van der Waals surface area contributed by atoms with Gasteiger partial charge in [0.1, 0.15) is 5.75 Å². The van der Waals surface area contributed by atoms with E-state index in [9.17, 15) is 4.79 Å². The molecular weight excluding hydrogens is 288 g/mol. The molecule has 0 spiro atoms. The van der Waals surface area contributed by atoms with Crippen molar-refractivity contribution in [1.29, 1.82) is 0 Å². The van der Waals surface area contributed by atoms with Crippen LogP contribution in [0, 0.1) is 5.92 Å². The molecule has 0 aromatic heterocycles. The molecule has 1 N–H and O–H groups in total. The van der Waals surface area contributed by atoms with E-state index in [-0.39, 0.29) is 11.8 Å². The molecule has 0 unspecified atom stereocenters. The van der Waals surface area contributed by atoms with Crippen LogP contribution < -0.4 is 10.1 Å². The lowest BCUT2D eigenvalue weighted by Crippen LogP contribution is -2.39. The second-order valence-corrected chi connectivity index (χ2v) is 6.48. The fourth-order valence-electron chi connectivity index (χ4n) is 3.13. The van der Waals surface area contributed by atoms with E-state index in [1.807, 2.05) is 30.3 Å². The van der Waals surface area contributed by atoms with Crippen LogP contribution in [0.3, 0.4) is 0 Å². The number of piperidine rings is 1. The molecule has 2 fully saturated rings. The lowest BCUT2D eigenvalue weighted by molar-refractivity contribution is -0.121. The average Bonchev–Trinajstić information content (AvgIpc) is 3.41. The van der Waals surface area contributed by atoms with Gasteiger partial charge in [0.05, 0.1) is 6.61 Å². The molecule has 4 nitrogen and oxygen atoms in total. The fraction of sp³-hybridized carbons (Fsp3) is 0.526. The molecule has 1 amide bonds. The van der Waals surface area contributed by atoms with E-state index in [1.54, 1.807) is 0 Å². The van der Waals surface area contributed by atoms with Gasteiger partial charge in [-0.2, -0.15) is 0 Å². The summed E-state index contributed by atoms with van der Waals surface area (Å²) in [5, 5.41) is 3.04. The number of likely N-dealkylation sites (tertiary alicyclic amines) is 1. The third-order valence-electron chi connectivity index (χ3n) is 4.66. The fourth-order valence-corrected chi connectivity index (χ4v) is 3.13. The summed E-state index contributed by atoms with van der Waals surface area (Å²) in [5.74, 6) is 1.06. The van der Waals surface area contributed by atoms with Crippen LogP contribution in [0.2, 0.25) is 0 Å². The van der Waals surface area contributed by atoms with E-state index >= 15 is 0 Å². The zero-order valence-electron chi connectivity index (χ0n) is 13.7. The van der Waals surface area contributed by atoms with Gasteiger partial charge in [-0.3, -0.25) is 4.79 Å². The normalized spacial score (nSPS) is 19.3. The van der Waals surface area contributed by atoms with E-state index < -0.39 is 0 Å². The second-order valence-electron chi connectivity index (χ2n) is 6.48. The molecule has 1 heterocycles. The molecule has 1 aliphatic carbocycles. The standard InChI is InChI=1S/C19H26N2O2/c1-2-3-13-23-18-6-4-5-16(14-18)20-19(22)15-9-11-21(12-10-15)17-7-8-17/h2,4-6,14-15,17H,1,3,7-13H2,(H,20,22). The minimum absolute atomic E-state index is 0.135. The van der Waals surface area contributed by atoms with Crippen molar-refractivity contribution < 1.29 is 9.53 Å². The first-order chi connectivity index (χ1) is 11.3. The number of hydrogen-bond donors (Lipinski definition) is 1. The molecule has 1 aromatic rings. The highest BCUT2D eigenvalue weighted by Gasteiger charge is 2.33. The Balaban J connectivity index is 1.49. The summed E-state index contributed by atoms with van der Waals surface area (Å²) in [6.07, 6.45) is 7.27. The first-order valence-electron chi connectivity index (χ1n) is 8.65. The lowest BCUT2D eigenvalue weighted by atomic mass is 9.95. The summed E-state index contributed by atoms with van der Waals surface area (Å²) >= 11 is 0. The number of ether oxygens (including phenoxy) is 1. The van der Waals surface area contributed by atoms with Crippen LogP contribution in [0.1, 0.15) is 32.1 Å². The molecular formula is C19H26N2O2. The Morgan fingerprint density at radius 3 is 2.78 bits per heavy atom. The van der Waals surface area contributed by atoms with Gasteiger partial charge < -0.3 is 15.0 Å². The zero-order chi connectivity index (χ0) is 16.1. The average molecular weight is 314 g/mol. The first kappa shape index (κ1) is 16.1. The lowest BCUT2D eigenvalue weighted by Gasteiger charge is -2.31. The number of anilines is 1. The van der Waals surface area contributed by atoms with E-state index in [1.165, 1.54) is 12.8 Å².